The van der Waals surface area contributed by atoms with Crippen LogP contribution in [0.3, 0.4) is 0 Å². The molecule has 1 unspecified atom stereocenters. The molecule has 2 aromatic rings. The van der Waals surface area contributed by atoms with Crippen LogP contribution in [-0.4, -0.2) is 25.2 Å². The van der Waals surface area contributed by atoms with Gasteiger partial charge in [0.2, 0.25) is 0 Å². The molecule has 0 aliphatic carbocycles. The standard InChI is InChI=1S/C15H20N2O/c1-3-9-16-14(11-18-2)13-8-4-6-12-7-5-10-17-15(12)13/h4-8,10,14,16H,3,9,11H2,1-2H3. The number of para-hydroxylation sites is 1. The minimum Gasteiger partial charge on any atom is -0.383 e. The fourth-order valence-corrected chi connectivity index (χ4v) is 2.15. The molecule has 96 valence electrons. The molecule has 3 heteroatoms. The average molecular weight is 244 g/mol. The van der Waals surface area contributed by atoms with Crippen molar-refractivity contribution in [1.82, 2.24) is 10.3 Å². The molecule has 1 aromatic heterocycles. The van der Waals surface area contributed by atoms with E-state index in [-0.39, 0.29) is 6.04 Å². The fraction of sp³-hybridized carbons (Fsp3) is 0.400. The van der Waals surface area contributed by atoms with E-state index in [1.165, 1.54) is 10.9 Å². The van der Waals surface area contributed by atoms with Gasteiger partial charge in [-0.15, -0.1) is 0 Å². The lowest BCUT2D eigenvalue weighted by atomic mass is 10.0. The maximum absolute atomic E-state index is 5.31. The minimum atomic E-state index is 0.202. The Labute approximate surface area is 108 Å². The summed E-state index contributed by atoms with van der Waals surface area (Å²) in [5.41, 5.74) is 2.27. The summed E-state index contributed by atoms with van der Waals surface area (Å²) >= 11 is 0. The molecule has 0 saturated heterocycles. The molecule has 1 N–H and O–H groups in total. The zero-order chi connectivity index (χ0) is 12.8. The van der Waals surface area contributed by atoms with Gasteiger partial charge in [0.1, 0.15) is 0 Å². The molecule has 18 heavy (non-hydrogen) atoms. The van der Waals surface area contributed by atoms with Crippen molar-refractivity contribution in [2.75, 3.05) is 20.3 Å². The van der Waals surface area contributed by atoms with E-state index in [0.717, 1.165) is 18.5 Å². The third-order valence-corrected chi connectivity index (χ3v) is 3.01. The Morgan fingerprint density at radius 1 is 1.28 bits per heavy atom. The molecule has 0 amide bonds. The number of nitrogens with zero attached hydrogens (tertiary/aromatic N) is 1. The summed E-state index contributed by atoms with van der Waals surface area (Å²) in [5.74, 6) is 0. The van der Waals surface area contributed by atoms with Crippen molar-refractivity contribution in [1.29, 1.82) is 0 Å². The van der Waals surface area contributed by atoms with Gasteiger partial charge in [0.05, 0.1) is 18.2 Å². The number of nitrogens with one attached hydrogen (secondary N) is 1. The Kier molecular flexibility index (Phi) is 4.67. The SMILES string of the molecule is CCCNC(COC)c1cccc2cccnc12. The van der Waals surface area contributed by atoms with Crippen LogP contribution >= 0.6 is 0 Å². The number of benzene rings is 1. The highest BCUT2D eigenvalue weighted by Crippen LogP contribution is 2.22. The van der Waals surface area contributed by atoms with E-state index in [1.807, 2.05) is 12.3 Å². The number of fused-ring (bicyclic) bond motifs is 1. The Balaban J connectivity index is 2.36. The van der Waals surface area contributed by atoms with Crippen LogP contribution < -0.4 is 5.32 Å². The van der Waals surface area contributed by atoms with E-state index in [4.69, 9.17) is 4.74 Å². The maximum Gasteiger partial charge on any atom is 0.0750 e. The number of methoxy groups -OCH3 is 1. The summed E-state index contributed by atoms with van der Waals surface area (Å²) < 4.78 is 5.31. The molecular formula is C15H20N2O. The molecule has 2 rings (SSSR count). The average Bonchev–Trinajstić information content (AvgIpc) is 2.43. The van der Waals surface area contributed by atoms with Crippen LogP contribution in [0, 0.1) is 0 Å². The monoisotopic (exact) mass is 244 g/mol. The van der Waals surface area contributed by atoms with Gasteiger partial charge in [-0.05, 0) is 24.6 Å². The van der Waals surface area contributed by atoms with Crippen LogP contribution in [0.2, 0.25) is 0 Å². The number of hydrogen-bond acceptors (Lipinski definition) is 3. The highest BCUT2D eigenvalue weighted by atomic mass is 16.5. The molecular weight excluding hydrogens is 224 g/mol. The Morgan fingerprint density at radius 2 is 2.11 bits per heavy atom. The molecule has 1 heterocycles. The van der Waals surface area contributed by atoms with Crippen LogP contribution in [-0.2, 0) is 4.74 Å². The number of aromatic nitrogens is 1. The first-order valence-corrected chi connectivity index (χ1v) is 6.42. The zero-order valence-electron chi connectivity index (χ0n) is 11.0. The Hall–Kier alpha value is -1.45. The fourth-order valence-electron chi connectivity index (χ4n) is 2.15. The first kappa shape index (κ1) is 13.0. The van der Waals surface area contributed by atoms with Crippen molar-refractivity contribution in [2.24, 2.45) is 0 Å². The molecule has 3 nitrogen and oxygen atoms in total. The van der Waals surface area contributed by atoms with Crippen molar-refractivity contribution in [3.63, 3.8) is 0 Å². The Bertz CT molecular complexity index is 493. The van der Waals surface area contributed by atoms with Gasteiger partial charge in [0.15, 0.2) is 0 Å². The molecule has 0 aliphatic rings. The number of rotatable bonds is 6. The number of ether oxygens (including phenoxy) is 1. The van der Waals surface area contributed by atoms with Crippen LogP contribution in [0.1, 0.15) is 24.9 Å². The predicted molar refractivity (Wildman–Crippen MR) is 74.7 cm³/mol. The largest absolute Gasteiger partial charge is 0.383 e. The first-order chi connectivity index (χ1) is 8.86. The van der Waals surface area contributed by atoms with Crippen LogP contribution in [0.5, 0.6) is 0 Å². The van der Waals surface area contributed by atoms with Crippen LogP contribution in [0.25, 0.3) is 10.9 Å². The lowest BCUT2D eigenvalue weighted by molar-refractivity contribution is 0.167. The van der Waals surface area contributed by atoms with Crippen molar-refractivity contribution >= 4 is 10.9 Å². The normalized spacial score (nSPS) is 12.8. The second-order valence-corrected chi connectivity index (χ2v) is 4.38. The second-order valence-electron chi connectivity index (χ2n) is 4.38. The molecule has 1 aromatic carbocycles. The van der Waals surface area contributed by atoms with E-state index < -0.39 is 0 Å². The van der Waals surface area contributed by atoms with Gasteiger partial charge in [-0.25, -0.2) is 0 Å². The topological polar surface area (TPSA) is 34.1 Å². The van der Waals surface area contributed by atoms with Crippen molar-refractivity contribution < 1.29 is 4.74 Å². The van der Waals surface area contributed by atoms with Crippen molar-refractivity contribution in [3.05, 3.63) is 42.1 Å². The molecule has 0 saturated carbocycles. The molecule has 1 atom stereocenters. The summed E-state index contributed by atoms with van der Waals surface area (Å²) in [4.78, 5) is 4.50. The van der Waals surface area contributed by atoms with Gasteiger partial charge < -0.3 is 10.1 Å². The van der Waals surface area contributed by atoms with Gasteiger partial charge in [0, 0.05) is 18.7 Å². The summed E-state index contributed by atoms with van der Waals surface area (Å²) in [6.07, 6.45) is 2.95. The Morgan fingerprint density at radius 3 is 2.89 bits per heavy atom. The summed E-state index contributed by atoms with van der Waals surface area (Å²) in [7, 11) is 1.74. The van der Waals surface area contributed by atoms with E-state index >= 15 is 0 Å². The quantitative estimate of drug-likeness (QED) is 0.848. The van der Waals surface area contributed by atoms with Gasteiger partial charge in [-0.2, -0.15) is 0 Å². The lowest BCUT2D eigenvalue weighted by Crippen LogP contribution is -2.26. The first-order valence-electron chi connectivity index (χ1n) is 6.42. The smallest absolute Gasteiger partial charge is 0.0750 e. The van der Waals surface area contributed by atoms with Crippen molar-refractivity contribution in [2.45, 2.75) is 19.4 Å². The number of hydrogen-bond donors (Lipinski definition) is 1. The van der Waals surface area contributed by atoms with Gasteiger partial charge in [-0.3, -0.25) is 4.98 Å². The highest BCUT2D eigenvalue weighted by Gasteiger charge is 2.13. The minimum absolute atomic E-state index is 0.202. The third kappa shape index (κ3) is 2.86. The third-order valence-electron chi connectivity index (χ3n) is 3.01. The molecule has 0 bridgehead atoms. The van der Waals surface area contributed by atoms with E-state index in [9.17, 15) is 0 Å². The van der Waals surface area contributed by atoms with E-state index in [0.29, 0.717) is 6.61 Å². The molecule has 0 radical (unpaired) electrons. The molecule has 0 fully saturated rings. The maximum atomic E-state index is 5.31. The highest BCUT2D eigenvalue weighted by molar-refractivity contribution is 5.82. The van der Waals surface area contributed by atoms with Crippen molar-refractivity contribution in [3.8, 4) is 0 Å². The van der Waals surface area contributed by atoms with Crippen LogP contribution in [0.15, 0.2) is 36.5 Å². The second kappa shape index (κ2) is 6.47. The van der Waals surface area contributed by atoms with Gasteiger partial charge in [-0.1, -0.05) is 31.2 Å². The van der Waals surface area contributed by atoms with E-state index in [1.54, 1.807) is 7.11 Å². The summed E-state index contributed by atoms with van der Waals surface area (Å²) in [6.45, 7) is 3.81. The van der Waals surface area contributed by atoms with E-state index in [2.05, 4.69) is 41.5 Å². The van der Waals surface area contributed by atoms with Crippen LogP contribution in [0.4, 0.5) is 0 Å². The summed E-state index contributed by atoms with van der Waals surface area (Å²) in [6, 6.07) is 10.6. The zero-order valence-corrected chi connectivity index (χ0v) is 11.0. The van der Waals surface area contributed by atoms with Gasteiger partial charge in [0.25, 0.3) is 0 Å². The lowest BCUT2D eigenvalue weighted by Gasteiger charge is -2.19. The predicted octanol–water partition coefficient (Wildman–Crippen LogP) is 2.92. The summed E-state index contributed by atoms with van der Waals surface area (Å²) in [5, 5.41) is 4.69. The molecule has 0 aliphatic heterocycles. The number of pyridine rings is 1. The molecule has 0 spiro atoms. The van der Waals surface area contributed by atoms with Gasteiger partial charge >= 0.3 is 0 Å².